The number of fused-ring (bicyclic) bond motifs is 1. The number of unbranched alkanes of at least 4 members (excludes halogenated alkanes) is 3. The van der Waals surface area contributed by atoms with Crippen molar-refractivity contribution in [2.75, 3.05) is 26.9 Å². The molecular formula is C32H43N3O5. The molecule has 216 valence electrons. The normalized spacial score (nSPS) is 14.7. The molecule has 2 aromatic carbocycles. The predicted octanol–water partition coefficient (Wildman–Crippen LogP) is 6.73. The second kappa shape index (κ2) is 13.2. The fraction of sp³-hybridized carbons (Fsp3) is 0.500. The highest BCUT2D eigenvalue weighted by Crippen LogP contribution is 2.46. The number of phenols is 1. The second-order valence-electron chi connectivity index (χ2n) is 10.8. The molecule has 0 saturated carbocycles. The van der Waals surface area contributed by atoms with E-state index in [2.05, 4.69) is 17.1 Å². The maximum absolute atomic E-state index is 13.7. The van der Waals surface area contributed by atoms with Gasteiger partial charge in [-0.1, -0.05) is 38.3 Å². The Labute approximate surface area is 237 Å². The summed E-state index contributed by atoms with van der Waals surface area (Å²) < 4.78 is 17.5. The van der Waals surface area contributed by atoms with Crippen LogP contribution in [-0.4, -0.2) is 59.1 Å². The number of carbonyl (C=O) groups excluding carboxylic acids is 1. The molecule has 0 fully saturated rings. The monoisotopic (exact) mass is 549 g/mol. The average Bonchev–Trinajstić information content (AvgIpc) is 3.47. The fourth-order valence-corrected chi connectivity index (χ4v) is 5.36. The van der Waals surface area contributed by atoms with Gasteiger partial charge in [-0.2, -0.15) is 5.10 Å². The number of aromatic hydroxyl groups is 1. The van der Waals surface area contributed by atoms with Crippen LogP contribution >= 0.6 is 0 Å². The van der Waals surface area contributed by atoms with E-state index in [1.165, 1.54) is 12.8 Å². The van der Waals surface area contributed by atoms with E-state index < -0.39 is 6.04 Å². The van der Waals surface area contributed by atoms with Crippen molar-refractivity contribution in [3.8, 4) is 28.5 Å². The lowest BCUT2D eigenvalue weighted by Gasteiger charge is -2.27. The number of ether oxygens (including phenoxy) is 3. The maximum Gasteiger partial charge on any atom is 0.273 e. The van der Waals surface area contributed by atoms with Gasteiger partial charge in [-0.3, -0.25) is 9.89 Å². The van der Waals surface area contributed by atoms with Crippen molar-refractivity contribution < 1.29 is 24.1 Å². The number of amides is 1. The van der Waals surface area contributed by atoms with Gasteiger partial charge in [0.05, 0.1) is 25.9 Å². The lowest BCUT2D eigenvalue weighted by molar-refractivity contribution is 0.0601. The van der Waals surface area contributed by atoms with E-state index in [0.29, 0.717) is 54.6 Å². The summed E-state index contributed by atoms with van der Waals surface area (Å²) in [5.74, 6) is 1.35. The van der Waals surface area contributed by atoms with Crippen LogP contribution in [0.5, 0.6) is 17.2 Å². The molecule has 2 N–H and O–H groups in total. The molecule has 4 rings (SSSR count). The molecule has 1 aliphatic heterocycles. The lowest BCUT2D eigenvalue weighted by atomic mass is 9.94. The highest BCUT2D eigenvalue weighted by Gasteiger charge is 2.42. The van der Waals surface area contributed by atoms with Gasteiger partial charge in [-0.15, -0.1) is 0 Å². The Morgan fingerprint density at radius 2 is 1.85 bits per heavy atom. The largest absolute Gasteiger partial charge is 0.507 e. The highest BCUT2D eigenvalue weighted by molar-refractivity contribution is 6.00. The summed E-state index contributed by atoms with van der Waals surface area (Å²) in [6.07, 6.45) is 5.31. The van der Waals surface area contributed by atoms with Crippen molar-refractivity contribution in [2.45, 2.75) is 78.9 Å². The third-order valence-corrected chi connectivity index (χ3v) is 7.32. The Morgan fingerprint density at radius 3 is 2.58 bits per heavy atom. The van der Waals surface area contributed by atoms with Crippen LogP contribution in [0.25, 0.3) is 11.3 Å². The quantitative estimate of drug-likeness (QED) is 0.217. The number of nitrogens with one attached hydrogen (secondary N) is 1. The molecule has 40 heavy (non-hydrogen) atoms. The van der Waals surface area contributed by atoms with E-state index in [9.17, 15) is 9.90 Å². The van der Waals surface area contributed by atoms with Gasteiger partial charge in [-0.25, -0.2) is 0 Å². The SMILES string of the molecule is CCCCCCOc1ccc(C2c3c(-c4cc(C)cc(C)c4O)n[nH]c3C(=O)N2CCCOC(C)C)cc1OC. The molecule has 0 radical (unpaired) electrons. The summed E-state index contributed by atoms with van der Waals surface area (Å²) >= 11 is 0. The maximum atomic E-state index is 13.7. The van der Waals surface area contributed by atoms with Gasteiger partial charge in [0.25, 0.3) is 5.91 Å². The number of hydrogen-bond donors (Lipinski definition) is 2. The van der Waals surface area contributed by atoms with Gasteiger partial charge in [0.2, 0.25) is 0 Å². The first kappa shape index (κ1) is 29.5. The minimum absolute atomic E-state index is 0.123. The standard InChI is InChI=1S/C32H43N3O5/c1-7-8-9-10-15-40-25-13-12-23(19-26(25)38-6)30-27-28(24-18-21(4)17-22(5)31(24)36)33-34-29(27)32(37)35(30)14-11-16-39-20(2)3/h12-13,17-20,30,36H,7-11,14-16H2,1-6H3,(H,33,34). The summed E-state index contributed by atoms with van der Waals surface area (Å²) in [6.45, 7) is 11.7. The Bertz CT molecular complexity index is 1320. The number of benzene rings is 2. The summed E-state index contributed by atoms with van der Waals surface area (Å²) in [5, 5.41) is 18.5. The predicted molar refractivity (Wildman–Crippen MR) is 156 cm³/mol. The zero-order chi connectivity index (χ0) is 28.8. The van der Waals surface area contributed by atoms with Crippen molar-refractivity contribution in [2.24, 2.45) is 0 Å². The van der Waals surface area contributed by atoms with E-state index in [-0.39, 0.29) is 17.8 Å². The van der Waals surface area contributed by atoms with Gasteiger partial charge in [0, 0.05) is 24.3 Å². The topological polar surface area (TPSA) is 96.9 Å². The second-order valence-corrected chi connectivity index (χ2v) is 10.8. The molecule has 1 aromatic heterocycles. The van der Waals surface area contributed by atoms with Gasteiger partial charge >= 0.3 is 0 Å². The van der Waals surface area contributed by atoms with Crippen LogP contribution < -0.4 is 9.47 Å². The lowest BCUT2D eigenvalue weighted by Crippen LogP contribution is -2.31. The number of methoxy groups -OCH3 is 1. The molecule has 3 aromatic rings. The molecule has 0 aliphatic carbocycles. The van der Waals surface area contributed by atoms with Crippen LogP contribution in [0.3, 0.4) is 0 Å². The summed E-state index contributed by atoms with van der Waals surface area (Å²) in [7, 11) is 1.63. The highest BCUT2D eigenvalue weighted by atomic mass is 16.5. The van der Waals surface area contributed by atoms with Crippen LogP contribution in [0, 0.1) is 13.8 Å². The van der Waals surface area contributed by atoms with E-state index in [0.717, 1.165) is 35.1 Å². The minimum atomic E-state index is -0.414. The van der Waals surface area contributed by atoms with Crippen molar-refractivity contribution >= 4 is 5.91 Å². The Morgan fingerprint density at radius 1 is 1.05 bits per heavy atom. The molecule has 0 bridgehead atoms. The first-order chi connectivity index (χ1) is 19.3. The Kier molecular flexibility index (Phi) is 9.74. The number of nitrogens with zero attached hydrogens (tertiary/aromatic N) is 2. The minimum Gasteiger partial charge on any atom is -0.507 e. The molecule has 1 unspecified atom stereocenters. The summed E-state index contributed by atoms with van der Waals surface area (Å²) in [6, 6.07) is 9.29. The zero-order valence-corrected chi connectivity index (χ0v) is 24.7. The average molecular weight is 550 g/mol. The summed E-state index contributed by atoms with van der Waals surface area (Å²) in [4.78, 5) is 15.6. The van der Waals surface area contributed by atoms with Gasteiger partial charge < -0.3 is 24.2 Å². The van der Waals surface area contributed by atoms with Gasteiger partial charge in [0.1, 0.15) is 17.1 Å². The molecule has 0 spiro atoms. The van der Waals surface area contributed by atoms with E-state index in [4.69, 9.17) is 14.2 Å². The molecule has 1 amide bonds. The molecule has 1 aliphatic rings. The summed E-state index contributed by atoms with van der Waals surface area (Å²) in [5.41, 5.74) is 5.04. The molecule has 2 heterocycles. The van der Waals surface area contributed by atoms with E-state index >= 15 is 0 Å². The third-order valence-electron chi connectivity index (χ3n) is 7.32. The van der Waals surface area contributed by atoms with Crippen molar-refractivity contribution in [3.63, 3.8) is 0 Å². The first-order valence-electron chi connectivity index (χ1n) is 14.4. The van der Waals surface area contributed by atoms with Crippen molar-refractivity contribution in [1.82, 2.24) is 15.1 Å². The van der Waals surface area contributed by atoms with Crippen molar-refractivity contribution in [1.29, 1.82) is 0 Å². The molecule has 0 saturated heterocycles. The molecule has 8 nitrogen and oxygen atoms in total. The molecular weight excluding hydrogens is 506 g/mol. The fourth-order valence-electron chi connectivity index (χ4n) is 5.36. The Hall–Kier alpha value is -3.52. The first-order valence-corrected chi connectivity index (χ1v) is 14.4. The number of H-pyrrole nitrogens is 1. The number of aromatic amines is 1. The van der Waals surface area contributed by atoms with Crippen LogP contribution in [0.2, 0.25) is 0 Å². The smallest absolute Gasteiger partial charge is 0.273 e. The number of carbonyl (C=O) groups is 1. The third kappa shape index (κ3) is 6.28. The Balaban J connectivity index is 1.72. The van der Waals surface area contributed by atoms with Crippen molar-refractivity contribution in [3.05, 3.63) is 58.3 Å². The number of hydrogen-bond acceptors (Lipinski definition) is 6. The van der Waals surface area contributed by atoms with Crippen LogP contribution in [0.1, 0.15) is 91.7 Å². The van der Waals surface area contributed by atoms with Crippen LogP contribution in [0.4, 0.5) is 0 Å². The van der Waals surface area contributed by atoms with E-state index in [1.54, 1.807) is 7.11 Å². The van der Waals surface area contributed by atoms with Gasteiger partial charge in [-0.05, 0) is 75.4 Å². The van der Waals surface area contributed by atoms with Crippen LogP contribution in [0.15, 0.2) is 30.3 Å². The number of phenolic OH excluding ortho intramolecular Hbond substituents is 1. The number of rotatable bonds is 14. The number of aryl methyl sites for hydroxylation is 2. The van der Waals surface area contributed by atoms with Gasteiger partial charge in [0.15, 0.2) is 11.5 Å². The van der Waals surface area contributed by atoms with Crippen LogP contribution in [-0.2, 0) is 4.74 Å². The zero-order valence-electron chi connectivity index (χ0n) is 24.7. The van der Waals surface area contributed by atoms with E-state index in [1.807, 2.05) is 62.9 Å². The molecule has 8 heteroatoms. The molecule has 1 atom stereocenters. The number of aromatic nitrogens is 2.